The molecule has 0 fully saturated rings. The third-order valence-corrected chi connectivity index (χ3v) is 2.60. The van der Waals surface area contributed by atoms with E-state index in [0.717, 1.165) is 23.6 Å². The second-order valence-electron chi connectivity index (χ2n) is 3.82. The average Bonchev–Trinajstić information content (AvgIpc) is 2.33. The Hall–Kier alpha value is -1.70. The van der Waals surface area contributed by atoms with Gasteiger partial charge in [0.05, 0.1) is 6.61 Å². The number of rotatable bonds is 4. The van der Waals surface area contributed by atoms with Crippen molar-refractivity contribution in [1.82, 2.24) is 0 Å². The van der Waals surface area contributed by atoms with Crippen LogP contribution in [0.25, 0.3) is 10.8 Å². The van der Waals surface area contributed by atoms with Gasteiger partial charge in [0.25, 0.3) is 0 Å². The maximum absolute atomic E-state index is 12.0. The summed E-state index contributed by atoms with van der Waals surface area (Å²) in [4.78, 5) is 0. The molecule has 0 N–H and O–H groups in total. The highest BCUT2D eigenvalue weighted by Gasteiger charge is 2.08. The van der Waals surface area contributed by atoms with E-state index in [1.165, 1.54) is 0 Å². The summed E-state index contributed by atoms with van der Waals surface area (Å²) >= 11 is 0. The van der Waals surface area contributed by atoms with Gasteiger partial charge in [-0.05, 0) is 17.9 Å². The van der Waals surface area contributed by atoms with Gasteiger partial charge in [0.15, 0.2) is 5.75 Å². The molecule has 0 spiro atoms. The van der Waals surface area contributed by atoms with E-state index in [9.17, 15) is 5.11 Å². The molecular formula is C14H15O2. The van der Waals surface area contributed by atoms with Crippen molar-refractivity contribution in [3.63, 3.8) is 0 Å². The fourth-order valence-electron chi connectivity index (χ4n) is 1.66. The van der Waals surface area contributed by atoms with E-state index in [2.05, 4.69) is 6.92 Å². The van der Waals surface area contributed by atoms with Crippen LogP contribution in [0, 0.1) is 0 Å². The van der Waals surface area contributed by atoms with Gasteiger partial charge in [-0.2, -0.15) is 0 Å². The topological polar surface area (TPSA) is 29.1 Å². The molecule has 0 unspecified atom stereocenters. The van der Waals surface area contributed by atoms with Gasteiger partial charge in [-0.1, -0.05) is 43.7 Å². The summed E-state index contributed by atoms with van der Waals surface area (Å²) in [5, 5.41) is 13.7. The second kappa shape index (κ2) is 4.88. The Morgan fingerprint density at radius 2 is 1.94 bits per heavy atom. The predicted octanol–water partition coefficient (Wildman–Crippen LogP) is 4.16. The molecule has 0 bridgehead atoms. The molecule has 0 amide bonds. The predicted molar refractivity (Wildman–Crippen MR) is 64.5 cm³/mol. The van der Waals surface area contributed by atoms with Crippen LogP contribution < -0.4 is 4.74 Å². The van der Waals surface area contributed by atoms with Crippen LogP contribution in [0.2, 0.25) is 0 Å². The van der Waals surface area contributed by atoms with Gasteiger partial charge in [0, 0.05) is 5.39 Å². The van der Waals surface area contributed by atoms with Crippen LogP contribution in [0.15, 0.2) is 36.4 Å². The van der Waals surface area contributed by atoms with Crippen LogP contribution >= 0.6 is 0 Å². The van der Waals surface area contributed by atoms with E-state index in [1.54, 1.807) is 6.07 Å². The van der Waals surface area contributed by atoms with Gasteiger partial charge in [0.1, 0.15) is 0 Å². The smallest absolute Gasteiger partial charge is 0.228 e. The second-order valence-corrected chi connectivity index (χ2v) is 3.82. The lowest BCUT2D eigenvalue weighted by Gasteiger charge is -2.07. The molecule has 83 valence electrons. The van der Waals surface area contributed by atoms with E-state index in [0.29, 0.717) is 12.4 Å². The van der Waals surface area contributed by atoms with Crippen molar-refractivity contribution in [2.24, 2.45) is 0 Å². The molecule has 2 nitrogen and oxygen atoms in total. The Kier molecular flexibility index (Phi) is 3.30. The van der Waals surface area contributed by atoms with Crippen LogP contribution in [-0.2, 0) is 5.11 Å². The number of unbranched alkanes of at least 4 members (excludes halogenated alkanes) is 1. The molecule has 0 saturated carbocycles. The third-order valence-electron chi connectivity index (χ3n) is 2.60. The van der Waals surface area contributed by atoms with Crippen LogP contribution in [0.3, 0.4) is 0 Å². The number of hydrogen-bond acceptors (Lipinski definition) is 1. The molecule has 0 aliphatic rings. The molecular weight excluding hydrogens is 200 g/mol. The quantitative estimate of drug-likeness (QED) is 0.704. The molecule has 0 atom stereocenters. The van der Waals surface area contributed by atoms with E-state index < -0.39 is 0 Å². The maximum Gasteiger partial charge on any atom is 0.228 e. The van der Waals surface area contributed by atoms with Crippen LogP contribution in [0.4, 0.5) is 0 Å². The van der Waals surface area contributed by atoms with Gasteiger partial charge in [-0.15, -0.1) is 0 Å². The van der Waals surface area contributed by atoms with Crippen molar-refractivity contribution >= 4 is 10.8 Å². The van der Waals surface area contributed by atoms with Crippen molar-refractivity contribution in [1.29, 1.82) is 0 Å². The molecule has 1 radical (unpaired) electrons. The minimum atomic E-state index is -0.00537. The van der Waals surface area contributed by atoms with Crippen LogP contribution in [0.1, 0.15) is 19.8 Å². The SMILES string of the molecule is CCCCOc1ccc2ccccc2c1[O]. The zero-order valence-corrected chi connectivity index (χ0v) is 9.40. The summed E-state index contributed by atoms with van der Waals surface area (Å²) in [6.45, 7) is 2.71. The number of ether oxygens (including phenoxy) is 1. The van der Waals surface area contributed by atoms with Gasteiger partial charge < -0.3 is 4.74 Å². The number of hydrogen-bond donors (Lipinski definition) is 0. The molecule has 0 saturated heterocycles. The Balaban J connectivity index is 2.29. The summed E-state index contributed by atoms with van der Waals surface area (Å²) in [6, 6.07) is 11.3. The van der Waals surface area contributed by atoms with Gasteiger partial charge >= 0.3 is 0 Å². The lowest BCUT2D eigenvalue weighted by atomic mass is 10.1. The van der Waals surface area contributed by atoms with Crippen molar-refractivity contribution in [2.45, 2.75) is 19.8 Å². The monoisotopic (exact) mass is 215 g/mol. The molecule has 0 heterocycles. The minimum Gasteiger partial charge on any atom is -0.489 e. The highest BCUT2D eigenvalue weighted by atomic mass is 16.5. The van der Waals surface area contributed by atoms with E-state index in [1.807, 2.05) is 30.3 Å². The first-order valence-electron chi connectivity index (χ1n) is 5.64. The van der Waals surface area contributed by atoms with Gasteiger partial charge in [-0.25, -0.2) is 0 Å². The highest BCUT2D eigenvalue weighted by molar-refractivity contribution is 5.90. The standard InChI is InChI=1S/C14H15O2/c1-2-3-10-16-13-9-8-11-6-4-5-7-12(11)14(13)15/h4-9H,2-3,10H2,1H3. The molecule has 2 aromatic rings. The fraction of sp³-hybridized carbons (Fsp3) is 0.286. The van der Waals surface area contributed by atoms with E-state index in [-0.39, 0.29) is 5.75 Å². The number of fused-ring (bicyclic) bond motifs is 1. The largest absolute Gasteiger partial charge is 0.489 e. The minimum absolute atomic E-state index is 0.00537. The molecule has 0 aliphatic heterocycles. The lowest BCUT2D eigenvalue weighted by molar-refractivity contribution is 0.274. The Morgan fingerprint density at radius 1 is 1.12 bits per heavy atom. The lowest BCUT2D eigenvalue weighted by Crippen LogP contribution is -1.96. The van der Waals surface area contributed by atoms with Crippen LogP contribution in [-0.4, -0.2) is 6.61 Å². The third kappa shape index (κ3) is 2.11. The Morgan fingerprint density at radius 3 is 2.75 bits per heavy atom. The summed E-state index contributed by atoms with van der Waals surface area (Å²) < 4.78 is 5.47. The maximum atomic E-state index is 12.0. The highest BCUT2D eigenvalue weighted by Crippen LogP contribution is 2.34. The number of benzene rings is 2. The van der Waals surface area contributed by atoms with Crippen LogP contribution in [0.5, 0.6) is 11.5 Å². The summed E-state index contributed by atoms with van der Waals surface area (Å²) in [5.41, 5.74) is 0. The summed E-state index contributed by atoms with van der Waals surface area (Å²) in [7, 11) is 0. The van der Waals surface area contributed by atoms with Gasteiger partial charge in [0.2, 0.25) is 5.75 Å². The summed E-state index contributed by atoms with van der Waals surface area (Å²) in [6.07, 6.45) is 2.05. The molecule has 0 aromatic heterocycles. The first kappa shape index (κ1) is 10.8. The molecule has 2 rings (SSSR count). The first-order chi connectivity index (χ1) is 7.83. The zero-order chi connectivity index (χ0) is 11.4. The molecule has 0 aliphatic carbocycles. The fourth-order valence-corrected chi connectivity index (χ4v) is 1.66. The first-order valence-corrected chi connectivity index (χ1v) is 5.64. The molecule has 2 aromatic carbocycles. The van der Waals surface area contributed by atoms with Crippen molar-refractivity contribution in [2.75, 3.05) is 6.61 Å². The zero-order valence-electron chi connectivity index (χ0n) is 9.40. The van der Waals surface area contributed by atoms with Crippen molar-refractivity contribution in [3.05, 3.63) is 36.4 Å². The Bertz CT molecular complexity index is 477. The van der Waals surface area contributed by atoms with E-state index >= 15 is 0 Å². The molecule has 16 heavy (non-hydrogen) atoms. The van der Waals surface area contributed by atoms with Gasteiger partial charge in [-0.3, -0.25) is 5.11 Å². The van der Waals surface area contributed by atoms with E-state index in [4.69, 9.17) is 4.74 Å². The summed E-state index contributed by atoms with van der Waals surface area (Å²) in [5.74, 6) is 0.460. The normalized spacial score (nSPS) is 10.6. The average molecular weight is 215 g/mol. The Labute approximate surface area is 95.5 Å². The van der Waals surface area contributed by atoms with Crippen molar-refractivity contribution < 1.29 is 9.84 Å². The van der Waals surface area contributed by atoms with Crippen molar-refractivity contribution in [3.8, 4) is 11.5 Å². The molecule has 2 heteroatoms.